The number of aliphatic hydroxyl groups excluding tert-OH is 1. The summed E-state index contributed by atoms with van der Waals surface area (Å²) < 4.78 is 0. The molecule has 1 heterocycles. The topological polar surface area (TPSA) is 52.5 Å². The maximum absolute atomic E-state index is 9.47. The lowest BCUT2D eigenvalue weighted by molar-refractivity contribution is 0.0348. The highest BCUT2D eigenvalue weighted by atomic mass is 16.3. The Bertz CT molecular complexity index is 89.1. The summed E-state index contributed by atoms with van der Waals surface area (Å²) in [5.41, 5.74) is -0.616. The monoisotopic (exact) mass is 131 g/mol. The maximum Gasteiger partial charge on any atom is 0.0805 e. The van der Waals surface area contributed by atoms with E-state index >= 15 is 0 Å². The predicted octanol–water partition coefficient (Wildman–Crippen LogP) is -0.907. The van der Waals surface area contributed by atoms with Crippen molar-refractivity contribution in [3.63, 3.8) is 0 Å². The molecule has 1 rings (SSSR count). The van der Waals surface area contributed by atoms with Crippen molar-refractivity contribution >= 4 is 0 Å². The van der Waals surface area contributed by atoms with Crippen LogP contribution in [0.3, 0.4) is 0 Å². The molecule has 1 fully saturated rings. The van der Waals surface area contributed by atoms with Crippen molar-refractivity contribution in [3.8, 4) is 0 Å². The third-order valence-electron chi connectivity index (χ3n) is 1.80. The summed E-state index contributed by atoms with van der Waals surface area (Å²) in [4.78, 5) is 0. The number of β-amino-alcohol motifs (C(OH)–C–C–N with tert-alkyl or cyclic N) is 1. The molecule has 0 aromatic carbocycles. The number of nitrogens with one attached hydrogen (secondary N) is 1. The molecule has 54 valence electrons. The molecule has 0 bridgehead atoms. The molecule has 0 spiro atoms. The van der Waals surface area contributed by atoms with Crippen LogP contribution in [0.1, 0.15) is 12.8 Å². The zero-order chi connectivity index (χ0) is 6.74. The SMILES string of the molecule is OCC[C@@]1(O)CCNC1. The van der Waals surface area contributed by atoms with Crippen LogP contribution in [0.15, 0.2) is 0 Å². The van der Waals surface area contributed by atoms with E-state index in [1.165, 1.54) is 0 Å². The van der Waals surface area contributed by atoms with E-state index in [4.69, 9.17) is 5.11 Å². The minimum absolute atomic E-state index is 0.0815. The first-order chi connectivity index (χ1) is 4.27. The van der Waals surface area contributed by atoms with Crippen LogP contribution in [0.2, 0.25) is 0 Å². The lowest BCUT2D eigenvalue weighted by atomic mass is 10.00. The molecule has 0 aliphatic carbocycles. The van der Waals surface area contributed by atoms with Gasteiger partial charge in [0, 0.05) is 19.6 Å². The minimum atomic E-state index is -0.616. The molecule has 1 saturated heterocycles. The van der Waals surface area contributed by atoms with Crippen LogP contribution in [0, 0.1) is 0 Å². The summed E-state index contributed by atoms with van der Waals surface area (Å²) in [5.74, 6) is 0. The van der Waals surface area contributed by atoms with Crippen molar-refractivity contribution in [1.29, 1.82) is 0 Å². The highest BCUT2D eigenvalue weighted by Crippen LogP contribution is 2.17. The van der Waals surface area contributed by atoms with Crippen molar-refractivity contribution in [3.05, 3.63) is 0 Å². The van der Waals surface area contributed by atoms with Crippen LogP contribution in [0.25, 0.3) is 0 Å². The second-order valence-electron chi connectivity index (χ2n) is 2.62. The summed E-state index contributed by atoms with van der Waals surface area (Å²) in [7, 11) is 0. The number of aliphatic hydroxyl groups is 2. The molecule has 1 aliphatic rings. The van der Waals surface area contributed by atoms with E-state index in [0.717, 1.165) is 13.0 Å². The fourth-order valence-corrected chi connectivity index (χ4v) is 1.15. The third kappa shape index (κ3) is 1.64. The summed E-state index contributed by atoms with van der Waals surface area (Å²) >= 11 is 0. The summed E-state index contributed by atoms with van der Waals surface area (Å²) in [6.07, 6.45) is 1.27. The van der Waals surface area contributed by atoms with E-state index in [1.807, 2.05) is 0 Å². The molecule has 0 radical (unpaired) electrons. The molecule has 1 atom stereocenters. The average Bonchev–Trinajstić information content (AvgIpc) is 2.16. The Kier molecular flexibility index (Phi) is 2.05. The van der Waals surface area contributed by atoms with Crippen LogP contribution in [0.4, 0.5) is 0 Å². The van der Waals surface area contributed by atoms with Crippen molar-refractivity contribution < 1.29 is 10.2 Å². The first-order valence-electron chi connectivity index (χ1n) is 3.31. The van der Waals surface area contributed by atoms with E-state index < -0.39 is 5.60 Å². The predicted molar refractivity (Wildman–Crippen MR) is 34.1 cm³/mol. The van der Waals surface area contributed by atoms with Crippen molar-refractivity contribution in [1.82, 2.24) is 5.32 Å². The third-order valence-corrected chi connectivity index (χ3v) is 1.80. The fourth-order valence-electron chi connectivity index (χ4n) is 1.15. The first kappa shape index (κ1) is 6.99. The van der Waals surface area contributed by atoms with Crippen LogP contribution in [-0.4, -0.2) is 35.5 Å². The Hall–Kier alpha value is -0.120. The van der Waals surface area contributed by atoms with Gasteiger partial charge < -0.3 is 15.5 Å². The molecule has 3 nitrogen and oxygen atoms in total. The van der Waals surface area contributed by atoms with E-state index in [2.05, 4.69) is 5.32 Å². The molecule has 0 unspecified atom stereocenters. The molecule has 1 aliphatic heterocycles. The summed E-state index contributed by atoms with van der Waals surface area (Å²) in [5, 5.41) is 21.0. The molecular weight excluding hydrogens is 118 g/mol. The maximum atomic E-state index is 9.47. The van der Waals surface area contributed by atoms with Crippen LogP contribution < -0.4 is 5.32 Å². The van der Waals surface area contributed by atoms with E-state index in [-0.39, 0.29) is 6.61 Å². The number of rotatable bonds is 2. The Labute approximate surface area is 54.7 Å². The van der Waals surface area contributed by atoms with Crippen LogP contribution in [0.5, 0.6) is 0 Å². The molecule has 0 aromatic heterocycles. The number of hydrogen-bond acceptors (Lipinski definition) is 3. The fraction of sp³-hybridized carbons (Fsp3) is 1.00. The van der Waals surface area contributed by atoms with Gasteiger partial charge in [-0.2, -0.15) is 0 Å². The highest BCUT2D eigenvalue weighted by molar-refractivity contribution is 4.86. The quantitative estimate of drug-likeness (QED) is 0.455. The zero-order valence-electron chi connectivity index (χ0n) is 5.43. The smallest absolute Gasteiger partial charge is 0.0805 e. The molecule has 0 saturated carbocycles. The molecule has 3 heteroatoms. The van der Waals surface area contributed by atoms with Gasteiger partial charge in [0.05, 0.1) is 5.60 Å². The van der Waals surface area contributed by atoms with Crippen molar-refractivity contribution in [2.75, 3.05) is 19.7 Å². The van der Waals surface area contributed by atoms with Gasteiger partial charge >= 0.3 is 0 Å². The Morgan fingerprint density at radius 2 is 2.33 bits per heavy atom. The Balaban J connectivity index is 2.32. The number of hydrogen-bond donors (Lipinski definition) is 3. The molecule has 9 heavy (non-hydrogen) atoms. The largest absolute Gasteiger partial charge is 0.396 e. The van der Waals surface area contributed by atoms with E-state index in [1.54, 1.807) is 0 Å². The average molecular weight is 131 g/mol. The van der Waals surface area contributed by atoms with E-state index in [9.17, 15) is 5.11 Å². The van der Waals surface area contributed by atoms with Crippen molar-refractivity contribution in [2.24, 2.45) is 0 Å². The van der Waals surface area contributed by atoms with Gasteiger partial charge in [0.25, 0.3) is 0 Å². The molecular formula is C6H13NO2. The zero-order valence-corrected chi connectivity index (χ0v) is 5.43. The van der Waals surface area contributed by atoms with Gasteiger partial charge in [-0.25, -0.2) is 0 Å². The van der Waals surface area contributed by atoms with Gasteiger partial charge in [0.2, 0.25) is 0 Å². The van der Waals surface area contributed by atoms with Gasteiger partial charge in [-0.05, 0) is 13.0 Å². The second kappa shape index (κ2) is 2.64. The normalized spacial score (nSPS) is 35.3. The summed E-state index contributed by atoms with van der Waals surface area (Å²) in [6.45, 7) is 1.59. The molecule has 3 N–H and O–H groups in total. The van der Waals surface area contributed by atoms with E-state index in [0.29, 0.717) is 13.0 Å². The second-order valence-corrected chi connectivity index (χ2v) is 2.62. The van der Waals surface area contributed by atoms with Gasteiger partial charge in [-0.15, -0.1) is 0 Å². The standard InChI is InChI=1S/C6H13NO2/c8-4-2-6(9)1-3-7-5-6/h7-9H,1-5H2/t6-/m0/s1. The van der Waals surface area contributed by atoms with Crippen LogP contribution >= 0.6 is 0 Å². The molecule has 0 amide bonds. The highest BCUT2D eigenvalue weighted by Gasteiger charge is 2.29. The minimum Gasteiger partial charge on any atom is -0.396 e. The molecule has 0 aromatic rings. The Morgan fingerprint density at radius 1 is 1.56 bits per heavy atom. The van der Waals surface area contributed by atoms with Gasteiger partial charge in [0.15, 0.2) is 0 Å². The lowest BCUT2D eigenvalue weighted by Crippen LogP contribution is -2.32. The van der Waals surface area contributed by atoms with Crippen molar-refractivity contribution in [2.45, 2.75) is 18.4 Å². The Morgan fingerprint density at radius 3 is 2.78 bits per heavy atom. The van der Waals surface area contributed by atoms with Gasteiger partial charge in [-0.1, -0.05) is 0 Å². The van der Waals surface area contributed by atoms with Gasteiger partial charge in [0.1, 0.15) is 0 Å². The summed E-state index contributed by atoms with van der Waals surface area (Å²) in [6, 6.07) is 0. The van der Waals surface area contributed by atoms with Gasteiger partial charge in [-0.3, -0.25) is 0 Å². The van der Waals surface area contributed by atoms with Crippen LogP contribution in [-0.2, 0) is 0 Å². The lowest BCUT2D eigenvalue weighted by Gasteiger charge is -2.18. The first-order valence-corrected chi connectivity index (χ1v) is 3.31.